The van der Waals surface area contributed by atoms with Gasteiger partial charge in [-0.2, -0.15) is 0 Å². The quantitative estimate of drug-likeness (QED) is 0.684. The van der Waals surface area contributed by atoms with Crippen LogP contribution in [-0.2, 0) is 0 Å². The average molecular weight is 363 g/mol. The lowest BCUT2D eigenvalue weighted by Crippen LogP contribution is -2.37. The van der Waals surface area contributed by atoms with E-state index in [1.807, 2.05) is 6.07 Å². The van der Waals surface area contributed by atoms with Gasteiger partial charge in [0.15, 0.2) is 5.11 Å². The topological polar surface area (TPSA) is 59.0 Å². The van der Waals surface area contributed by atoms with E-state index in [9.17, 15) is 9.18 Å². The number of aryl methyl sites for hydroxylation is 1. The van der Waals surface area contributed by atoms with Gasteiger partial charge in [-0.05, 0) is 49.5 Å². The monoisotopic (exact) mass is 362 g/mol. The Morgan fingerprint density at radius 2 is 2.04 bits per heavy atom. The first-order chi connectivity index (χ1) is 11.5. The molecule has 5 nitrogen and oxygen atoms in total. The Morgan fingerprint density at radius 1 is 1.29 bits per heavy atom. The number of benzene rings is 2. The van der Waals surface area contributed by atoms with Crippen molar-refractivity contribution < 1.29 is 4.39 Å². The second kappa shape index (κ2) is 6.54. The molecule has 0 amide bonds. The summed E-state index contributed by atoms with van der Waals surface area (Å²) in [7, 11) is 0. The minimum atomic E-state index is -0.565. The lowest BCUT2D eigenvalue weighted by Gasteiger charge is -2.15. The van der Waals surface area contributed by atoms with Crippen LogP contribution < -0.4 is 16.3 Å². The van der Waals surface area contributed by atoms with Crippen molar-refractivity contribution in [2.75, 3.05) is 10.7 Å². The van der Waals surface area contributed by atoms with E-state index in [4.69, 9.17) is 23.8 Å². The van der Waals surface area contributed by atoms with Gasteiger partial charge in [0.05, 0.1) is 15.9 Å². The molecule has 0 radical (unpaired) electrons. The number of rotatable bonds is 2. The summed E-state index contributed by atoms with van der Waals surface area (Å²) >= 11 is 10.8. The number of hydrogen-bond donors (Lipinski definition) is 2. The molecule has 0 saturated carbocycles. The molecule has 2 aromatic carbocycles. The van der Waals surface area contributed by atoms with Gasteiger partial charge in [-0.15, -0.1) is 0 Å². The van der Waals surface area contributed by atoms with Crippen molar-refractivity contribution in [1.82, 2.24) is 9.66 Å². The number of halogens is 2. The SMILES string of the molecule is Cc1nc2ccccc2c(=O)n1NC(=S)Nc1ccc(Cl)c(F)c1. The molecular formula is C16H12ClFN4OS. The highest BCUT2D eigenvalue weighted by molar-refractivity contribution is 7.80. The molecule has 24 heavy (non-hydrogen) atoms. The van der Waals surface area contributed by atoms with Gasteiger partial charge < -0.3 is 5.32 Å². The van der Waals surface area contributed by atoms with E-state index in [2.05, 4.69) is 15.7 Å². The normalized spacial score (nSPS) is 10.6. The standard InChI is InChI=1S/C16H12ClFN4OS/c1-9-19-14-5-3-2-4-11(14)15(23)22(9)21-16(24)20-10-6-7-12(17)13(18)8-10/h2-8H,1H3,(H2,20,21,24). The Balaban J connectivity index is 1.87. The van der Waals surface area contributed by atoms with Crippen LogP contribution in [0.3, 0.4) is 0 Å². The first kappa shape index (κ1) is 16.4. The number of anilines is 1. The first-order valence-corrected chi connectivity index (χ1v) is 7.76. The van der Waals surface area contributed by atoms with Crippen LogP contribution in [0.25, 0.3) is 10.9 Å². The zero-order chi connectivity index (χ0) is 17.3. The lowest BCUT2D eigenvalue weighted by molar-refractivity contribution is 0.629. The Labute approximate surface area is 147 Å². The van der Waals surface area contributed by atoms with Gasteiger partial charge in [0.25, 0.3) is 5.56 Å². The molecule has 0 aliphatic carbocycles. The lowest BCUT2D eigenvalue weighted by atomic mass is 10.2. The number of hydrogen-bond acceptors (Lipinski definition) is 3. The molecule has 0 saturated heterocycles. The smallest absolute Gasteiger partial charge is 0.280 e. The van der Waals surface area contributed by atoms with Crippen LogP contribution in [0.4, 0.5) is 10.1 Å². The summed E-state index contributed by atoms with van der Waals surface area (Å²) in [5.74, 6) is -0.115. The fraction of sp³-hybridized carbons (Fsp3) is 0.0625. The predicted molar refractivity (Wildman–Crippen MR) is 97.7 cm³/mol. The van der Waals surface area contributed by atoms with Crippen LogP contribution >= 0.6 is 23.8 Å². The average Bonchev–Trinajstić information content (AvgIpc) is 2.55. The predicted octanol–water partition coefficient (Wildman–Crippen LogP) is 3.44. The van der Waals surface area contributed by atoms with Crippen LogP contribution in [0, 0.1) is 12.7 Å². The molecule has 2 N–H and O–H groups in total. The largest absolute Gasteiger partial charge is 0.331 e. The molecule has 0 spiro atoms. The highest BCUT2D eigenvalue weighted by Crippen LogP contribution is 2.18. The zero-order valence-corrected chi connectivity index (χ0v) is 14.1. The van der Waals surface area contributed by atoms with Crippen molar-refractivity contribution in [1.29, 1.82) is 0 Å². The number of para-hydroxylation sites is 1. The second-order valence-corrected chi connectivity index (χ2v) is 5.83. The van der Waals surface area contributed by atoms with Gasteiger partial charge in [0.2, 0.25) is 0 Å². The van der Waals surface area contributed by atoms with Crippen molar-refractivity contribution in [2.45, 2.75) is 6.92 Å². The van der Waals surface area contributed by atoms with Crippen molar-refractivity contribution in [3.8, 4) is 0 Å². The third-order valence-corrected chi connectivity index (χ3v) is 3.83. The maximum atomic E-state index is 13.5. The molecule has 3 rings (SSSR count). The molecule has 0 aliphatic rings. The highest BCUT2D eigenvalue weighted by Gasteiger charge is 2.09. The van der Waals surface area contributed by atoms with E-state index in [1.54, 1.807) is 31.2 Å². The van der Waals surface area contributed by atoms with Crippen LogP contribution in [-0.4, -0.2) is 14.8 Å². The number of thiocarbonyl (C=S) groups is 1. The Kier molecular flexibility index (Phi) is 4.46. The van der Waals surface area contributed by atoms with Crippen molar-refractivity contribution >= 4 is 45.5 Å². The molecule has 8 heteroatoms. The Morgan fingerprint density at radius 3 is 2.79 bits per heavy atom. The maximum absolute atomic E-state index is 13.5. The van der Waals surface area contributed by atoms with Crippen LogP contribution in [0.1, 0.15) is 5.82 Å². The second-order valence-electron chi connectivity index (χ2n) is 5.01. The van der Waals surface area contributed by atoms with Crippen molar-refractivity contribution in [2.24, 2.45) is 0 Å². The van der Waals surface area contributed by atoms with E-state index in [-0.39, 0.29) is 15.7 Å². The molecule has 1 heterocycles. The van der Waals surface area contributed by atoms with E-state index in [0.717, 1.165) is 0 Å². The summed E-state index contributed by atoms with van der Waals surface area (Å²) in [5.41, 5.74) is 3.51. The highest BCUT2D eigenvalue weighted by atomic mass is 35.5. The summed E-state index contributed by atoms with van der Waals surface area (Å²) in [4.78, 5) is 16.9. The Hall–Kier alpha value is -2.51. The van der Waals surface area contributed by atoms with E-state index in [1.165, 1.54) is 16.8 Å². The molecule has 0 fully saturated rings. The van der Waals surface area contributed by atoms with Gasteiger partial charge in [0, 0.05) is 5.69 Å². The van der Waals surface area contributed by atoms with Gasteiger partial charge in [-0.3, -0.25) is 10.2 Å². The summed E-state index contributed by atoms with van der Waals surface area (Å²) < 4.78 is 14.7. The molecular weight excluding hydrogens is 351 g/mol. The van der Waals surface area contributed by atoms with Crippen molar-refractivity contribution in [3.05, 3.63) is 69.5 Å². The number of fused-ring (bicyclic) bond motifs is 1. The van der Waals surface area contributed by atoms with Gasteiger partial charge in [-0.1, -0.05) is 23.7 Å². The molecule has 0 aliphatic heterocycles. The fourth-order valence-corrected chi connectivity index (χ4v) is 2.54. The van der Waals surface area contributed by atoms with E-state index in [0.29, 0.717) is 22.4 Å². The fourth-order valence-electron chi connectivity index (χ4n) is 2.21. The molecule has 0 atom stereocenters. The molecule has 122 valence electrons. The zero-order valence-electron chi connectivity index (χ0n) is 12.5. The molecule has 1 aromatic heterocycles. The van der Waals surface area contributed by atoms with Gasteiger partial charge >= 0.3 is 0 Å². The van der Waals surface area contributed by atoms with E-state index >= 15 is 0 Å². The summed E-state index contributed by atoms with van der Waals surface area (Å²) in [6.45, 7) is 1.69. The maximum Gasteiger partial charge on any atom is 0.280 e. The van der Waals surface area contributed by atoms with Gasteiger partial charge in [0.1, 0.15) is 11.6 Å². The van der Waals surface area contributed by atoms with Crippen LogP contribution in [0.2, 0.25) is 5.02 Å². The first-order valence-electron chi connectivity index (χ1n) is 6.97. The molecule has 0 unspecified atom stereocenters. The third kappa shape index (κ3) is 3.22. The van der Waals surface area contributed by atoms with Crippen LogP contribution in [0.5, 0.6) is 0 Å². The number of nitrogens with zero attached hydrogens (tertiary/aromatic N) is 2. The Bertz CT molecular complexity index is 1010. The minimum Gasteiger partial charge on any atom is -0.331 e. The summed E-state index contributed by atoms with van der Waals surface area (Å²) in [5, 5.41) is 3.41. The number of nitrogens with one attached hydrogen (secondary N) is 2. The summed E-state index contributed by atoms with van der Waals surface area (Å²) in [6, 6.07) is 11.2. The molecule has 3 aromatic rings. The number of aromatic nitrogens is 2. The summed E-state index contributed by atoms with van der Waals surface area (Å²) in [6.07, 6.45) is 0. The van der Waals surface area contributed by atoms with Crippen LogP contribution in [0.15, 0.2) is 47.3 Å². The van der Waals surface area contributed by atoms with Gasteiger partial charge in [-0.25, -0.2) is 14.1 Å². The molecule has 0 bridgehead atoms. The third-order valence-electron chi connectivity index (χ3n) is 3.33. The van der Waals surface area contributed by atoms with E-state index < -0.39 is 5.82 Å². The minimum absolute atomic E-state index is 0.0187. The van der Waals surface area contributed by atoms with Crippen molar-refractivity contribution in [3.63, 3.8) is 0 Å².